The number of nitrogens with zero attached hydrogens (tertiary/aromatic N) is 1. The predicted octanol–water partition coefficient (Wildman–Crippen LogP) is 4.00. The first kappa shape index (κ1) is 9.85. The van der Waals surface area contributed by atoms with E-state index in [0.717, 1.165) is 16.7 Å². The van der Waals surface area contributed by atoms with E-state index in [2.05, 4.69) is 4.98 Å². The van der Waals surface area contributed by atoms with Crippen LogP contribution in [0, 0.1) is 0 Å². The molecule has 0 aliphatic heterocycles. The molecule has 0 saturated carbocycles. The fourth-order valence-corrected chi connectivity index (χ4v) is 1.69. The van der Waals surface area contributed by atoms with Crippen molar-refractivity contribution in [3.05, 3.63) is 66.1 Å². The Kier molecular flexibility index (Phi) is 2.47. The van der Waals surface area contributed by atoms with Gasteiger partial charge in [-0.25, -0.2) is 4.98 Å². The molecule has 0 unspecified atom stereocenters. The lowest BCUT2D eigenvalue weighted by Crippen LogP contribution is -1.71. The number of aromatic nitrogens is 1. The Labute approximate surface area is 99.2 Å². The summed E-state index contributed by atoms with van der Waals surface area (Å²) in [5.74, 6) is 0.634. The summed E-state index contributed by atoms with van der Waals surface area (Å²) in [6.07, 6.45) is 3.88. The Morgan fingerprint density at radius 2 is 1.59 bits per heavy atom. The predicted molar refractivity (Wildman–Crippen MR) is 69.4 cm³/mol. The first-order valence-corrected chi connectivity index (χ1v) is 5.50. The molecule has 3 aromatic rings. The molecule has 82 valence electrons. The van der Waals surface area contributed by atoms with Crippen molar-refractivity contribution >= 4 is 23.3 Å². The second kappa shape index (κ2) is 4.26. The molecule has 2 heteroatoms. The van der Waals surface area contributed by atoms with Gasteiger partial charge in [0.2, 0.25) is 5.89 Å². The van der Waals surface area contributed by atoms with Crippen LogP contribution in [0.4, 0.5) is 0 Å². The van der Waals surface area contributed by atoms with E-state index in [1.54, 1.807) is 0 Å². The van der Waals surface area contributed by atoms with Gasteiger partial charge in [0.05, 0.1) is 0 Å². The van der Waals surface area contributed by atoms with Crippen molar-refractivity contribution in [2.75, 3.05) is 0 Å². The molecule has 0 amide bonds. The summed E-state index contributed by atoms with van der Waals surface area (Å²) >= 11 is 0. The van der Waals surface area contributed by atoms with Crippen molar-refractivity contribution in [1.82, 2.24) is 4.98 Å². The lowest BCUT2D eigenvalue weighted by Gasteiger charge is -1.88. The van der Waals surface area contributed by atoms with Crippen molar-refractivity contribution in [2.45, 2.75) is 0 Å². The van der Waals surface area contributed by atoms with Crippen LogP contribution < -0.4 is 0 Å². The monoisotopic (exact) mass is 221 g/mol. The van der Waals surface area contributed by atoms with Crippen LogP contribution in [0.25, 0.3) is 23.3 Å². The number of fused-ring (bicyclic) bond motifs is 1. The van der Waals surface area contributed by atoms with Crippen LogP contribution in [0.3, 0.4) is 0 Å². The molecular formula is C15H11NO. The smallest absolute Gasteiger partial charge is 0.220 e. The minimum absolute atomic E-state index is 0.634. The molecule has 0 saturated heterocycles. The average molecular weight is 221 g/mol. The van der Waals surface area contributed by atoms with Crippen molar-refractivity contribution in [3.63, 3.8) is 0 Å². The number of hydrogen-bond donors (Lipinski definition) is 0. The standard InChI is InChI=1S/C15H11NO/c1-2-6-12(7-3-1)10-11-15-16-13-8-4-5-9-14(13)17-15/h1-11H. The minimum Gasteiger partial charge on any atom is -0.437 e. The van der Waals surface area contributed by atoms with Gasteiger partial charge >= 0.3 is 0 Å². The van der Waals surface area contributed by atoms with Crippen molar-refractivity contribution in [3.8, 4) is 0 Å². The molecule has 17 heavy (non-hydrogen) atoms. The fraction of sp³-hybridized carbons (Fsp3) is 0. The highest BCUT2D eigenvalue weighted by molar-refractivity contribution is 5.75. The zero-order valence-electron chi connectivity index (χ0n) is 9.21. The van der Waals surface area contributed by atoms with Gasteiger partial charge in [0.15, 0.2) is 5.58 Å². The molecule has 0 fully saturated rings. The number of rotatable bonds is 2. The maximum absolute atomic E-state index is 5.59. The van der Waals surface area contributed by atoms with Crippen LogP contribution in [0.2, 0.25) is 0 Å². The third kappa shape index (κ3) is 2.11. The molecule has 0 spiro atoms. The van der Waals surface area contributed by atoms with Gasteiger partial charge in [-0.3, -0.25) is 0 Å². The Morgan fingerprint density at radius 1 is 0.824 bits per heavy atom. The van der Waals surface area contributed by atoms with Gasteiger partial charge in [-0.1, -0.05) is 42.5 Å². The van der Waals surface area contributed by atoms with Crippen molar-refractivity contribution < 1.29 is 4.42 Å². The summed E-state index contributed by atoms with van der Waals surface area (Å²) in [5, 5.41) is 0. The van der Waals surface area contributed by atoms with E-state index in [1.807, 2.05) is 66.7 Å². The third-order valence-corrected chi connectivity index (χ3v) is 2.53. The van der Waals surface area contributed by atoms with Gasteiger partial charge in [0.25, 0.3) is 0 Å². The number of hydrogen-bond acceptors (Lipinski definition) is 2. The topological polar surface area (TPSA) is 26.0 Å². The van der Waals surface area contributed by atoms with Gasteiger partial charge in [-0.15, -0.1) is 0 Å². The van der Waals surface area contributed by atoms with Crippen molar-refractivity contribution in [1.29, 1.82) is 0 Å². The lowest BCUT2D eigenvalue weighted by molar-refractivity contribution is 0.590. The van der Waals surface area contributed by atoms with E-state index in [4.69, 9.17) is 4.42 Å². The molecule has 0 atom stereocenters. The highest BCUT2D eigenvalue weighted by atomic mass is 16.3. The van der Waals surface area contributed by atoms with E-state index < -0.39 is 0 Å². The summed E-state index contributed by atoms with van der Waals surface area (Å²) in [6, 6.07) is 17.8. The van der Waals surface area contributed by atoms with Crippen LogP contribution in [-0.2, 0) is 0 Å². The van der Waals surface area contributed by atoms with Crippen LogP contribution >= 0.6 is 0 Å². The Hall–Kier alpha value is -2.35. The molecule has 0 N–H and O–H groups in total. The molecule has 0 radical (unpaired) electrons. The van der Waals surface area contributed by atoms with E-state index in [-0.39, 0.29) is 0 Å². The molecule has 0 aliphatic rings. The van der Waals surface area contributed by atoms with E-state index in [9.17, 15) is 0 Å². The first-order valence-electron chi connectivity index (χ1n) is 5.50. The average Bonchev–Trinajstić information content (AvgIpc) is 2.80. The van der Waals surface area contributed by atoms with Gasteiger partial charge < -0.3 is 4.42 Å². The minimum atomic E-state index is 0.634. The Morgan fingerprint density at radius 3 is 2.41 bits per heavy atom. The van der Waals surface area contributed by atoms with Crippen LogP contribution in [0.1, 0.15) is 11.5 Å². The van der Waals surface area contributed by atoms with Crippen LogP contribution in [0.5, 0.6) is 0 Å². The molecule has 0 bridgehead atoms. The number of para-hydroxylation sites is 2. The fourth-order valence-electron chi connectivity index (χ4n) is 1.69. The van der Waals surface area contributed by atoms with Gasteiger partial charge in [0.1, 0.15) is 5.52 Å². The normalized spacial score (nSPS) is 11.3. The van der Waals surface area contributed by atoms with Gasteiger partial charge in [0, 0.05) is 6.08 Å². The Bertz CT molecular complexity index is 620. The SMILES string of the molecule is C(=Cc1nc2ccccc2o1)c1ccccc1. The largest absolute Gasteiger partial charge is 0.437 e. The number of oxazole rings is 1. The summed E-state index contributed by atoms with van der Waals surface area (Å²) in [6.45, 7) is 0. The maximum atomic E-state index is 5.59. The van der Waals surface area contributed by atoms with Gasteiger partial charge in [-0.05, 0) is 23.8 Å². The Balaban J connectivity index is 1.92. The molecule has 1 aromatic heterocycles. The van der Waals surface area contributed by atoms with E-state index in [1.165, 1.54) is 0 Å². The highest BCUT2D eigenvalue weighted by Crippen LogP contribution is 2.16. The van der Waals surface area contributed by atoms with E-state index >= 15 is 0 Å². The maximum Gasteiger partial charge on any atom is 0.220 e. The summed E-state index contributed by atoms with van der Waals surface area (Å²) in [7, 11) is 0. The molecule has 2 aromatic carbocycles. The zero-order valence-corrected chi connectivity index (χ0v) is 9.21. The molecule has 2 nitrogen and oxygen atoms in total. The molecule has 0 aliphatic carbocycles. The lowest BCUT2D eigenvalue weighted by atomic mass is 10.2. The van der Waals surface area contributed by atoms with Crippen LogP contribution in [0.15, 0.2) is 59.0 Å². The molecular weight excluding hydrogens is 210 g/mol. The summed E-state index contributed by atoms with van der Waals surface area (Å²) in [4.78, 5) is 4.37. The third-order valence-electron chi connectivity index (χ3n) is 2.53. The molecule has 3 rings (SSSR count). The number of benzene rings is 2. The van der Waals surface area contributed by atoms with Crippen molar-refractivity contribution in [2.24, 2.45) is 0 Å². The second-order valence-electron chi connectivity index (χ2n) is 3.76. The summed E-state index contributed by atoms with van der Waals surface area (Å²) < 4.78 is 5.59. The van der Waals surface area contributed by atoms with E-state index in [0.29, 0.717) is 5.89 Å². The molecule has 1 heterocycles. The second-order valence-corrected chi connectivity index (χ2v) is 3.76. The zero-order chi connectivity index (χ0) is 11.5. The highest BCUT2D eigenvalue weighted by Gasteiger charge is 2.00. The first-order chi connectivity index (χ1) is 8.42. The quantitative estimate of drug-likeness (QED) is 0.653. The van der Waals surface area contributed by atoms with Crippen LogP contribution in [-0.4, -0.2) is 4.98 Å². The van der Waals surface area contributed by atoms with Gasteiger partial charge in [-0.2, -0.15) is 0 Å². The summed E-state index contributed by atoms with van der Waals surface area (Å²) in [5.41, 5.74) is 2.84.